The van der Waals surface area contributed by atoms with Gasteiger partial charge in [0, 0.05) is 0 Å². The summed E-state index contributed by atoms with van der Waals surface area (Å²) >= 11 is 0. The van der Waals surface area contributed by atoms with Crippen molar-refractivity contribution >= 4 is 5.97 Å². The van der Waals surface area contributed by atoms with Crippen LogP contribution < -0.4 is 0 Å². The van der Waals surface area contributed by atoms with Gasteiger partial charge in [0.1, 0.15) is 0 Å². The van der Waals surface area contributed by atoms with E-state index in [0.29, 0.717) is 24.9 Å². The van der Waals surface area contributed by atoms with Crippen LogP contribution in [0.2, 0.25) is 0 Å². The zero-order valence-corrected chi connectivity index (χ0v) is 11.8. The number of esters is 1. The van der Waals surface area contributed by atoms with Crippen molar-refractivity contribution in [1.29, 1.82) is 0 Å². The minimum atomic E-state index is -0.0538. The minimum Gasteiger partial charge on any atom is -0.466 e. The second-order valence-corrected chi connectivity index (χ2v) is 5.42. The maximum absolute atomic E-state index is 11.8. The maximum Gasteiger partial charge on any atom is 0.306 e. The summed E-state index contributed by atoms with van der Waals surface area (Å²) in [7, 11) is 0. The highest BCUT2D eigenvalue weighted by atomic mass is 16.5. The van der Waals surface area contributed by atoms with Crippen molar-refractivity contribution in [3.8, 4) is 0 Å². The molecular weight excluding hydrogens is 236 g/mol. The Morgan fingerprint density at radius 2 is 1.89 bits per heavy atom. The van der Waals surface area contributed by atoms with Crippen LogP contribution in [0, 0.1) is 5.92 Å². The molecule has 1 aliphatic rings. The Hall–Kier alpha value is -1.31. The first-order valence-electron chi connectivity index (χ1n) is 7.52. The lowest BCUT2D eigenvalue weighted by Crippen LogP contribution is -2.20. The molecule has 0 aliphatic heterocycles. The summed E-state index contributed by atoms with van der Waals surface area (Å²) in [4.78, 5) is 11.8. The molecule has 0 aromatic heterocycles. The monoisotopic (exact) mass is 260 g/mol. The van der Waals surface area contributed by atoms with Crippen LogP contribution in [-0.2, 0) is 9.53 Å². The topological polar surface area (TPSA) is 26.3 Å². The number of hydrogen-bond acceptors (Lipinski definition) is 2. The summed E-state index contributed by atoms with van der Waals surface area (Å²) in [5.74, 6) is 0.919. The molecule has 19 heavy (non-hydrogen) atoms. The molecule has 104 valence electrons. The van der Waals surface area contributed by atoms with E-state index in [9.17, 15) is 4.79 Å². The van der Waals surface area contributed by atoms with E-state index in [4.69, 9.17) is 4.74 Å². The predicted molar refractivity (Wildman–Crippen MR) is 77.0 cm³/mol. The second kappa shape index (κ2) is 7.32. The molecule has 1 atom stereocenters. The molecule has 1 aromatic carbocycles. The van der Waals surface area contributed by atoms with E-state index in [1.807, 2.05) is 13.0 Å². The van der Waals surface area contributed by atoms with E-state index in [2.05, 4.69) is 24.3 Å². The van der Waals surface area contributed by atoms with Gasteiger partial charge in [0.25, 0.3) is 0 Å². The SMILES string of the molecule is CCOC(=O)C[C@@H](c1ccccc1)C1CCCCC1. The van der Waals surface area contributed by atoms with E-state index in [0.717, 1.165) is 0 Å². The Balaban J connectivity index is 2.10. The van der Waals surface area contributed by atoms with Crippen molar-refractivity contribution in [2.45, 2.75) is 51.4 Å². The molecule has 0 radical (unpaired) electrons. The third-order valence-corrected chi connectivity index (χ3v) is 4.14. The van der Waals surface area contributed by atoms with Gasteiger partial charge in [-0.2, -0.15) is 0 Å². The first kappa shape index (κ1) is 14.1. The summed E-state index contributed by atoms with van der Waals surface area (Å²) in [5, 5.41) is 0. The predicted octanol–water partition coefficient (Wildman–Crippen LogP) is 4.30. The van der Waals surface area contributed by atoms with Crippen molar-refractivity contribution < 1.29 is 9.53 Å². The van der Waals surface area contributed by atoms with Crippen LogP contribution in [0.5, 0.6) is 0 Å². The van der Waals surface area contributed by atoms with E-state index < -0.39 is 0 Å². The molecule has 1 aliphatic carbocycles. The Kier molecular flexibility index (Phi) is 5.44. The number of carbonyl (C=O) groups excluding carboxylic acids is 1. The molecule has 0 unspecified atom stereocenters. The van der Waals surface area contributed by atoms with Crippen LogP contribution in [-0.4, -0.2) is 12.6 Å². The molecule has 2 nitrogen and oxygen atoms in total. The van der Waals surface area contributed by atoms with E-state index in [1.54, 1.807) is 0 Å². The van der Waals surface area contributed by atoms with E-state index in [1.165, 1.54) is 37.7 Å². The van der Waals surface area contributed by atoms with Crippen molar-refractivity contribution in [2.24, 2.45) is 5.92 Å². The zero-order valence-electron chi connectivity index (χ0n) is 11.8. The van der Waals surface area contributed by atoms with Gasteiger partial charge in [-0.05, 0) is 37.2 Å². The summed E-state index contributed by atoms with van der Waals surface area (Å²) < 4.78 is 5.15. The Labute approximate surface area is 116 Å². The zero-order chi connectivity index (χ0) is 13.5. The molecule has 0 amide bonds. The van der Waals surface area contributed by atoms with E-state index >= 15 is 0 Å². The largest absolute Gasteiger partial charge is 0.466 e. The average molecular weight is 260 g/mol. The molecule has 1 saturated carbocycles. The standard InChI is InChI=1S/C17H24O2/c1-2-19-17(18)13-16(14-9-5-3-6-10-14)15-11-7-4-8-12-15/h3,5-6,9-10,15-16H,2,4,7-8,11-13H2,1H3/t16-/m0/s1. The molecule has 1 fully saturated rings. The summed E-state index contributed by atoms with van der Waals surface area (Å²) in [6.45, 7) is 2.35. The van der Waals surface area contributed by atoms with Crippen LogP contribution in [0.15, 0.2) is 30.3 Å². The normalized spacial score (nSPS) is 17.9. The highest BCUT2D eigenvalue weighted by Gasteiger charge is 2.27. The fraction of sp³-hybridized carbons (Fsp3) is 0.588. The van der Waals surface area contributed by atoms with Gasteiger partial charge in [0.2, 0.25) is 0 Å². The minimum absolute atomic E-state index is 0.0538. The first-order valence-corrected chi connectivity index (χ1v) is 7.52. The highest BCUT2D eigenvalue weighted by Crippen LogP contribution is 2.38. The third kappa shape index (κ3) is 4.09. The Bertz CT molecular complexity index is 380. The molecule has 0 saturated heterocycles. The summed E-state index contributed by atoms with van der Waals surface area (Å²) in [6, 6.07) is 10.5. The fourth-order valence-electron chi connectivity index (χ4n) is 3.19. The fourth-order valence-corrected chi connectivity index (χ4v) is 3.19. The Morgan fingerprint density at radius 3 is 2.53 bits per heavy atom. The number of hydrogen-bond donors (Lipinski definition) is 0. The summed E-state index contributed by atoms with van der Waals surface area (Å²) in [6.07, 6.45) is 6.98. The van der Waals surface area contributed by atoms with Crippen LogP contribution >= 0.6 is 0 Å². The number of benzene rings is 1. The average Bonchev–Trinajstić information content (AvgIpc) is 2.47. The molecule has 2 rings (SSSR count). The third-order valence-electron chi connectivity index (χ3n) is 4.14. The van der Waals surface area contributed by atoms with Crippen LogP contribution in [0.25, 0.3) is 0 Å². The van der Waals surface area contributed by atoms with E-state index in [-0.39, 0.29) is 5.97 Å². The lowest BCUT2D eigenvalue weighted by atomic mass is 9.75. The number of rotatable bonds is 5. The van der Waals surface area contributed by atoms with Gasteiger partial charge in [-0.25, -0.2) is 0 Å². The van der Waals surface area contributed by atoms with Gasteiger partial charge in [-0.15, -0.1) is 0 Å². The smallest absolute Gasteiger partial charge is 0.306 e. The lowest BCUT2D eigenvalue weighted by Gasteiger charge is -2.30. The number of carbonyl (C=O) groups is 1. The van der Waals surface area contributed by atoms with Gasteiger partial charge in [-0.1, -0.05) is 49.6 Å². The quantitative estimate of drug-likeness (QED) is 0.738. The second-order valence-electron chi connectivity index (χ2n) is 5.42. The number of ether oxygens (including phenoxy) is 1. The van der Waals surface area contributed by atoms with Gasteiger partial charge in [-0.3, -0.25) is 4.79 Å². The van der Waals surface area contributed by atoms with Crippen LogP contribution in [0.4, 0.5) is 0 Å². The van der Waals surface area contributed by atoms with Crippen molar-refractivity contribution in [1.82, 2.24) is 0 Å². The highest BCUT2D eigenvalue weighted by molar-refractivity contribution is 5.70. The molecule has 0 spiro atoms. The van der Waals surface area contributed by atoms with Crippen molar-refractivity contribution in [3.63, 3.8) is 0 Å². The first-order chi connectivity index (χ1) is 9.31. The van der Waals surface area contributed by atoms with Crippen LogP contribution in [0.1, 0.15) is 56.9 Å². The molecule has 2 heteroatoms. The van der Waals surface area contributed by atoms with Crippen molar-refractivity contribution in [3.05, 3.63) is 35.9 Å². The summed E-state index contributed by atoms with van der Waals surface area (Å²) in [5.41, 5.74) is 1.29. The van der Waals surface area contributed by atoms with Gasteiger partial charge in [0.05, 0.1) is 13.0 Å². The van der Waals surface area contributed by atoms with Gasteiger partial charge >= 0.3 is 5.97 Å². The van der Waals surface area contributed by atoms with Gasteiger partial charge in [0.15, 0.2) is 0 Å². The molecule has 0 heterocycles. The molecule has 1 aromatic rings. The lowest BCUT2D eigenvalue weighted by molar-refractivity contribution is -0.144. The Morgan fingerprint density at radius 1 is 1.21 bits per heavy atom. The van der Waals surface area contributed by atoms with Crippen molar-refractivity contribution in [2.75, 3.05) is 6.61 Å². The molecular formula is C17H24O2. The van der Waals surface area contributed by atoms with Gasteiger partial charge < -0.3 is 4.74 Å². The van der Waals surface area contributed by atoms with Crippen LogP contribution in [0.3, 0.4) is 0 Å². The maximum atomic E-state index is 11.8. The molecule has 0 bridgehead atoms. The molecule has 0 N–H and O–H groups in total.